The first-order chi connectivity index (χ1) is 14.5. The Bertz CT molecular complexity index is 1280. The van der Waals surface area contributed by atoms with E-state index in [0.717, 1.165) is 16.3 Å². The number of aromatic hydroxyl groups is 1. The molecule has 1 N–H and O–H groups in total. The lowest BCUT2D eigenvalue weighted by Gasteiger charge is -2.07. The topological polar surface area (TPSA) is 98.9 Å². The van der Waals surface area contributed by atoms with Gasteiger partial charge in [0.25, 0.3) is 0 Å². The molecule has 0 spiro atoms. The second-order valence-corrected chi connectivity index (χ2v) is 7.34. The van der Waals surface area contributed by atoms with E-state index in [2.05, 4.69) is 4.98 Å². The quantitative estimate of drug-likeness (QED) is 0.371. The van der Waals surface area contributed by atoms with E-state index in [1.54, 1.807) is 13.2 Å². The zero-order valence-corrected chi connectivity index (χ0v) is 16.8. The van der Waals surface area contributed by atoms with Crippen molar-refractivity contribution in [1.29, 1.82) is 0 Å². The molecule has 0 saturated carbocycles. The normalized spacial score (nSPS) is 10.8. The van der Waals surface area contributed by atoms with Crippen LogP contribution in [0.1, 0.15) is 11.3 Å². The SMILES string of the molecule is COc1cccc(-c2nc(CC(=O)OCc3cc(=O)oc4cc(O)ccc34)cs2)c1. The fourth-order valence-electron chi connectivity index (χ4n) is 2.97. The van der Waals surface area contributed by atoms with Crippen LogP contribution in [0.5, 0.6) is 11.5 Å². The molecule has 8 heteroatoms. The van der Waals surface area contributed by atoms with Crippen molar-refractivity contribution < 1.29 is 23.8 Å². The fourth-order valence-corrected chi connectivity index (χ4v) is 3.79. The minimum absolute atomic E-state index is 0.0145. The summed E-state index contributed by atoms with van der Waals surface area (Å²) >= 11 is 1.43. The molecule has 4 rings (SSSR count). The van der Waals surface area contributed by atoms with Gasteiger partial charge in [0.1, 0.15) is 28.7 Å². The van der Waals surface area contributed by atoms with E-state index in [1.165, 1.54) is 29.5 Å². The van der Waals surface area contributed by atoms with Crippen molar-refractivity contribution in [3.63, 3.8) is 0 Å². The first-order valence-electron chi connectivity index (χ1n) is 9.02. The second kappa shape index (κ2) is 8.38. The number of esters is 1. The zero-order chi connectivity index (χ0) is 21.1. The van der Waals surface area contributed by atoms with Crippen LogP contribution in [0.3, 0.4) is 0 Å². The van der Waals surface area contributed by atoms with Crippen molar-refractivity contribution in [1.82, 2.24) is 4.98 Å². The highest BCUT2D eigenvalue weighted by molar-refractivity contribution is 7.13. The van der Waals surface area contributed by atoms with Crippen LogP contribution < -0.4 is 10.4 Å². The number of benzene rings is 2. The van der Waals surface area contributed by atoms with Crippen molar-refractivity contribution in [3.8, 4) is 22.1 Å². The smallest absolute Gasteiger partial charge is 0.336 e. The molecule has 0 aliphatic carbocycles. The van der Waals surface area contributed by atoms with Gasteiger partial charge in [-0.3, -0.25) is 4.79 Å². The molecular weight excluding hydrogens is 406 g/mol. The van der Waals surface area contributed by atoms with Gasteiger partial charge < -0.3 is 19.0 Å². The zero-order valence-electron chi connectivity index (χ0n) is 16.0. The van der Waals surface area contributed by atoms with Crippen molar-refractivity contribution >= 4 is 28.3 Å². The Hall–Kier alpha value is -3.65. The largest absolute Gasteiger partial charge is 0.508 e. The van der Waals surface area contributed by atoms with Crippen molar-refractivity contribution in [2.24, 2.45) is 0 Å². The standard InChI is InChI=1S/C22H17NO6S/c1-27-17-4-2-3-13(7-17)22-23-15(12-30-22)9-20(25)28-11-14-8-21(26)29-19-10-16(24)5-6-18(14)19/h2-8,10,12,24H,9,11H2,1H3. The molecular formula is C22H17NO6S. The molecule has 4 aromatic rings. The van der Waals surface area contributed by atoms with Gasteiger partial charge in [-0.2, -0.15) is 0 Å². The highest BCUT2D eigenvalue weighted by Crippen LogP contribution is 2.27. The number of phenols is 1. The van der Waals surface area contributed by atoms with Crippen LogP contribution in [-0.2, 0) is 22.6 Å². The van der Waals surface area contributed by atoms with E-state index in [-0.39, 0.29) is 24.4 Å². The molecule has 30 heavy (non-hydrogen) atoms. The van der Waals surface area contributed by atoms with Gasteiger partial charge in [-0.05, 0) is 24.3 Å². The van der Waals surface area contributed by atoms with Crippen LogP contribution in [0.15, 0.2) is 63.1 Å². The molecule has 0 aliphatic heterocycles. The molecule has 0 atom stereocenters. The number of fused-ring (bicyclic) bond motifs is 1. The molecule has 0 saturated heterocycles. The van der Waals surface area contributed by atoms with Crippen LogP contribution in [-0.4, -0.2) is 23.2 Å². The Morgan fingerprint density at radius 1 is 1.20 bits per heavy atom. The molecule has 0 aliphatic rings. The molecule has 0 radical (unpaired) electrons. The van der Waals surface area contributed by atoms with E-state index in [4.69, 9.17) is 13.9 Å². The number of phenolic OH excluding ortho intramolecular Hbond substituents is 1. The van der Waals surface area contributed by atoms with Gasteiger partial charge in [0.05, 0.1) is 19.2 Å². The van der Waals surface area contributed by atoms with Crippen molar-refractivity contribution in [2.45, 2.75) is 13.0 Å². The summed E-state index contributed by atoms with van der Waals surface area (Å²) in [6.45, 7) is -0.0847. The molecule has 0 amide bonds. The van der Waals surface area contributed by atoms with E-state index in [9.17, 15) is 14.7 Å². The van der Waals surface area contributed by atoms with E-state index < -0.39 is 11.6 Å². The number of methoxy groups -OCH3 is 1. The minimum atomic E-state index is -0.582. The number of ether oxygens (including phenoxy) is 2. The van der Waals surface area contributed by atoms with Gasteiger partial charge in [0, 0.05) is 34.0 Å². The summed E-state index contributed by atoms with van der Waals surface area (Å²) in [6, 6.07) is 13.2. The van der Waals surface area contributed by atoms with Gasteiger partial charge in [-0.15, -0.1) is 11.3 Å². The molecule has 2 heterocycles. The average Bonchev–Trinajstić information content (AvgIpc) is 3.20. The summed E-state index contributed by atoms with van der Waals surface area (Å²) in [5.41, 5.74) is 1.66. The minimum Gasteiger partial charge on any atom is -0.508 e. The van der Waals surface area contributed by atoms with E-state index in [0.29, 0.717) is 16.6 Å². The third-order valence-electron chi connectivity index (χ3n) is 4.40. The molecule has 0 bridgehead atoms. The van der Waals surface area contributed by atoms with E-state index in [1.807, 2.05) is 29.6 Å². The summed E-state index contributed by atoms with van der Waals surface area (Å²) in [7, 11) is 1.60. The Kier molecular flexibility index (Phi) is 5.49. The van der Waals surface area contributed by atoms with Crippen LogP contribution in [0.25, 0.3) is 21.5 Å². The van der Waals surface area contributed by atoms with Crippen LogP contribution in [0.2, 0.25) is 0 Å². The number of thiazole rings is 1. The summed E-state index contributed by atoms with van der Waals surface area (Å²) in [6.07, 6.45) is 0.0145. The van der Waals surface area contributed by atoms with E-state index >= 15 is 0 Å². The number of nitrogens with zero attached hydrogens (tertiary/aromatic N) is 1. The summed E-state index contributed by atoms with van der Waals surface area (Å²) in [5, 5.41) is 12.7. The van der Waals surface area contributed by atoms with Crippen LogP contribution in [0, 0.1) is 0 Å². The molecule has 0 fully saturated rings. The first kappa shape index (κ1) is 19.7. The highest BCUT2D eigenvalue weighted by Gasteiger charge is 2.13. The maximum absolute atomic E-state index is 12.3. The number of carbonyl (C=O) groups excluding carboxylic acids is 1. The number of hydrogen-bond donors (Lipinski definition) is 1. The van der Waals surface area contributed by atoms with Crippen LogP contribution in [0.4, 0.5) is 0 Å². The Morgan fingerprint density at radius 2 is 2.07 bits per heavy atom. The number of aromatic nitrogens is 1. The second-order valence-electron chi connectivity index (χ2n) is 6.48. The predicted octanol–water partition coefficient (Wildman–Crippen LogP) is 3.92. The molecule has 2 aromatic carbocycles. The summed E-state index contributed by atoms with van der Waals surface area (Å²) in [4.78, 5) is 28.5. The lowest BCUT2D eigenvalue weighted by Crippen LogP contribution is -2.10. The first-order valence-corrected chi connectivity index (χ1v) is 9.90. The maximum Gasteiger partial charge on any atom is 0.336 e. The van der Waals surface area contributed by atoms with Crippen molar-refractivity contribution in [2.75, 3.05) is 7.11 Å². The Morgan fingerprint density at radius 3 is 2.90 bits per heavy atom. The number of hydrogen-bond acceptors (Lipinski definition) is 8. The van der Waals surface area contributed by atoms with Crippen molar-refractivity contribution in [3.05, 3.63) is 75.6 Å². The van der Waals surface area contributed by atoms with Gasteiger partial charge in [0.15, 0.2) is 0 Å². The highest BCUT2D eigenvalue weighted by atomic mass is 32.1. The van der Waals surface area contributed by atoms with Gasteiger partial charge >= 0.3 is 11.6 Å². The predicted molar refractivity (Wildman–Crippen MR) is 112 cm³/mol. The molecule has 0 unspecified atom stereocenters. The van der Waals surface area contributed by atoms with Gasteiger partial charge in [-0.25, -0.2) is 9.78 Å². The number of carbonyl (C=O) groups is 1. The van der Waals surface area contributed by atoms with Gasteiger partial charge in [-0.1, -0.05) is 12.1 Å². The molecule has 2 aromatic heterocycles. The third-order valence-corrected chi connectivity index (χ3v) is 5.34. The Balaban J connectivity index is 1.44. The fraction of sp³-hybridized carbons (Fsp3) is 0.136. The monoisotopic (exact) mass is 423 g/mol. The lowest BCUT2D eigenvalue weighted by molar-refractivity contribution is -0.144. The summed E-state index contributed by atoms with van der Waals surface area (Å²) in [5.74, 6) is 0.254. The lowest BCUT2D eigenvalue weighted by atomic mass is 10.1. The van der Waals surface area contributed by atoms with Gasteiger partial charge in [0.2, 0.25) is 0 Å². The summed E-state index contributed by atoms with van der Waals surface area (Å²) < 4.78 is 15.6. The Labute approximate surface area is 175 Å². The number of rotatable bonds is 6. The molecule has 152 valence electrons. The average molecular weight is 423 g/mol. The molecule has 7 nitrogen and oxygen atoms in total. The maximum atomic E-state index is 12.3. The third kappa shape index (κ3) is 4.33. The van der Waals surface area contributed by atoms with Crippen LogP contribution >= 0.6 is 11.3 Å².